The molecular formula is C61H115NO4. The number of rotatable bonds is 54. The van der Waals surface area contributed by atoms with Crippen LogP contribution in [0.5, 0.6) is 0 Å². The van der Waals surface area contributed by atoms with E-state index in [-0.39, 0.29) is 6.61 Å². The standard InChI is InChI=1S/C61H115NO4/c1-3-5-7-9-11-13-15-17-19-21-23-25-27-28-29-30-31-32-34-36-38-40-42-44-46-48-50-52-54-56-60(65)61(66)62-58(57-63)59(64)55-53-51-49-47-45-43-41-39-37-35-33-26-24-22-20-18-16-14-12-10-8-6-4-2/h28-29,37,39,45,47,53,55,58-60,63-65H,3-27,30-36,38,40-44,46,48-52,54,56-57H2,1-2H3,(H,62,66)/b29-28-,39-37+,47-45+,55-53+. The van der Waals surface area contributed by atoms with Crippen molar-refractivity contribution < 1.29 is 20.1 Å². The zero-order chi connectivity index (χ0) is 47.9. The highest BCUT2D eigenvalue weighted by atomic mass is 16.3. The summed E-state index contributed by atoms with van der Waals surface area (Å²) in [5.74, 6) is -0.514. The number of nitrogens with one attached hydrogen (secondary N) is 1. The Hall–Kier alpha value is -1.69. The van der Waals surface area contributed by atoms with Crippen LogP contribution in [0.1, 0.15) is 309 Å². The lowest BCUT2D eigenvalue weighted by Gasteiger charge is -2.21. The number of hydrogen-bond donors (Lipinski definition) is 4. The van der Waals surface area contributed by atoms with Gasteiger partial charge in [-0.1, -0.05) is 287 Å². The maximum atomic E-state index is 12.6. The maximum absolute atomic E-state index is 12.6. The van der Waals surface area contributed by atoms with Crippen LogP contribution in [0.15, 0.2) is 48.6 Å². The molecule has 1 amide bonds. The monoisotopic (exact) mass is 926 g/mol. The second-order valence-electron chi connectivity index (χ2n) is 20.2. The van der Waals surface area contributed by atoms with Crippen LogP contribution in [0, 0.1) is 0 Å². The van der Waals surface area contributed by atoms with Crippen LogP contribution in [0.3, 0.4) is 0 Å². The third-order valence-electron chi connectivity index (χ3n) is 13.6. The summed E-state index contributed by atoms with van der Waals surface area (Å²) in [6.45, 7) is 4.20. The maximum Gasteiger partial charge on any atom is 0.249 e. The average molecular weight is 927 g/mol. The molecule has 66 heavy (non-hydrogen) atoms. The first kappa shape index (κ1) is 64.3. The van der Waals surface area contributed by atoms with E-state index in [0.29, 0.717) is 6.42 Å². The van der Waals surface area contributed by atoms with E-state index in [2.05, 4.69) is 55.6 Å². The molecular weight excluding hydrogens is 811 g/mol. The van der Waals surface area contributed by atoms with Crippen LogP contribution < -0.4 is 5.32 Å². The Bertz CT molecular complexity index is 1070. The van der Waals surface area contributed by atoms with Crippen molar-refractivity contribution in [3.05, 3.63) is 48.6 Å². The molecule has 388 valence electrons. The summed E-state index contributed by atoms with van der Waals surface area (Å²) in [4.78, 5) is 12.6. The molecule has 0 spiro atoms. The normalized spacial score (nSPS) is 13.6. The number of amides is 1. The lowest BCUT2D eigenvalue weighted by atomic mass is 10.0. The van der Waals surface area contributed by atoms with Gasteiger partial charge in [-0.2, -0.15) is 0 Å². The second kappa shape index (κ2) is 55.9. The van der Waals surface area contributed by atoms with E-state index in [9.17, 15) is 20.1 Å². The zero-order valence-electron chi connectivity index (χ0n) is 44.3. The van der Waals surface area contributed by atoms with Crippen molar-refractivity contribution in [3.8, 4) is 0 Å². The molecule has 0 aliphatic heterocycles. The van der Waals surface area contributed by atoms with Gasteiger partial charge in [0.1, 0.15) is 6.10 Å². The lowest BCUT2D eigenvalue weighted by molar-refractivity contribution is -0.131. The van der Waals surface area contributed by atoms with Crippen LogP contribution >= 0.6 is 0 Å². The predicted octanol–water partition coefficient (Wildman–Crippen LogP) is 18.4. The summed E-state index contributed by atoms with van der Waals surface area (Å²) in [6, 6.07) is -0.823. The number of carbonyl (C=O) groups excluding carboxylic acids is 1. The third kappa shape index (κ3) is 50.2. The SMILES string of the molecule is CCCCCCCCCCCCCC/C=C\CCCCCCCCCCCCCCCC(O)C(=O)NC(CO)C(O)/C=C/CC/C=C/CC/C=C/CCCCCCCCCCCCCCC. The molecule has 0 bridgehead atoms. The number of unbranched alkanes of at least 4 members (excludes halogenated alkanes) is 40. The molecule has 5 heteroatoms. The Balaban J connectivity index is 3.61. The molecule has 0 aliphatic rings. The number of hydrogen-bond acceptors (Lipinski definition) is 4. The predicted molar refractivity (Wildman–Crippen MR) is 291 cm³/mol. The summed E-state index contributed by atoms with van der Waals surface area (Å²) in [5, 5.41) is 33.4. The van der Waals surface area contributed by atoms with Gasteiger partial charge in [-0.15, -0.1) is 0 Å². The summed E-state index contributed by atoms with van der Waals surface area (Å²) >= 11 is 0. The molecule has 0 heterocycles. The molecule has 0 fully saturated rings. The third-order valence-corrected chi connectivity index (χ3v) is 13.6. The first-order chi connectivity index (χ1) is 32.6. The smallest absolute Gasteiger partial charge is 0.249 e. The fourth-order valence-corrected chi connectivity index (χ4v) is 9.04. The van der Waals surface area contributed by atoms with Crippen molar-refractivity contribution in [2.24, 2.45) is 0 Å². The molecule has 0 aromatic heterocycles. The molecule has 5 nitrogen and oxygen atoms in total. The van der Waals surface area contributed by atoms with Crippen LogP contribution in [0.25, 0.3) is 0 Å². The average Bonchev–Trinajstić information content (AvgIpc) is 3.32. The first-order valence-corrected chi connectivity index (χ1v) is 29.5. The van der Waals surface area contributed by atoms with Crippen molar-refractivity contribution in [2.45, 2.75) is 327 Å². The van der Waals surface area contributed by atoms with E-state index in [1.807, 2.05) is 6.08 Å². The van der Waals surface area contributed by atoms with Crippen molar-refractivity contribution in [1.29, 1.82) is 0 Å². The molecule has 3 atom stereocenters. The van der Waals surface area contributed by atoms with Gasteiger partial charge in [-0.3, -0.25) is 4.79 Å². The number of aliphatic hydroxyl groups excluding tert-OH is 3. The Morgan fingerprint density at radius 1 is 0.364 bits per heavy atom. The van der Waals surface area contributed by atoms with Gasteiger partial charge in [0.05, 0.1) is 18.8 Å². The van der Waals surface area contributed by atoms with Crippen molar-refractivity contribution in [2.75, 3.05) is 6.61 Å². The molecule has 0 aromatic carbocycles. The highest BCUT2D eigenvalue weighted by molar-refractivity contribution is 5.80. The van der Waals surface area contributed by atoms with E-state index in [0.717, 1.165) is 44.9 Å². The molecule has 0 radical (unpaired) electrons. The molecule has 0 aliphatic carbocycles. The van der Waals surface area contributed by atoms with Gasteiger partial charge < -0.3 is 20.6 Å². The van der Waals surface area contributed by atoms with E-state index >= 15 is 0 Å². The van der Waals surface area contributed by atoms with Gasteiger partial charge >= 0.3 is 0 Å². The summed E-state index contributed by atoms with van der Waals surface area (Å²) in [5.41, 5.74) is 0. The fraction of sp³-hybridized carbons (Fsp3) is 0.852. The number of allylic oxidation sites excluding steroid dienone is 7. The van der Waals surface area contributed by atoms with Crippen LogP contribution in [0.4, 0.5) is 0 Å². The fourth-order valence-electron chi connectivity index (χ4n) is 9.04. The first-order valence-electron chi connectivity index (χ1n) is 29.5. The van der Waals surface area contributed by atoms with Crippen molar-refractivity contribution in [3.63, 3.8) is 0 Å². The zero-order valence-corrected chi connectivity index (χ0v) is 44.3. The van der Waals surface area contributed by atoms with Gasteiger partial charge in [-0.25, -0.2) is 0 Å². The number of aliphatic hydroxyl groups is 3. The summed E-state index contributed by atoms with van der Waals surface area (Å²) in [7, 11) is 0. The minimum Gasteiger partial charge on any atom is -0.394 e. The van der Waals surface area contributed by atoms with Crippen molar-refractivity contribution >= 4 is 5.91 Å². The highest BCUT2D eigenvalue weighted by Crippen LogP contribution is 2.17. The molecule has 4 N–H and O–H groups in total. The second-order valence-corrected chi connectivity index (χ2v) is 20.2. The Kier molecular flexibility index (Phi) is 54.5. The van der Waals surface area contributed by atoms with E-state index in [1.165, 1.54) is 244 Å². The van der Waals surface area contributed by atoms with Crippen LogP contribution in [-0.2, 0) is 4.79 Å². The van der Waals surface area contributed by atoms with E-state index < -0.39 is 24.2 Å². The van der Waals surface area contributed by atoms with Gasteiger partial charge in [0.2, 0.25) is 5.91 Å². The van der Waals surface area contributed by atoms with Gasteiger partial charge in [0, 0.05) is 0 Å². The topological polar surface area (TPSA) is 89.8 Å². The number of carbonyl (C=O) groups is 1. The Morgan fingerprint density at radius 3 is 0.924 bits per heavy atom. The van der Waals surface area contributed by atoms with Gasteiger partial charge in [0.25, 0.3) is 0 Å². The molecule has 3 unspecified atom stereocenters. The van der Waals surface area contributed by atoms with Crippen LogP contribution in [0.2, 0.25) is 0 Å². The van der Waals surface area contributed by atoms with E-state index in [1.54, 1.807) is 6.08 Å². The molecule has 0 rings (SSSR count). The van der Waals surface area contributed by atoms with Gasteiger partial charge in [-0.05, 0) is 70.6 Å². The van der Waals surface area contributed by atoms with Gasteiger partial charge in [0.15, 0.2) is 0 Å². The highest BCUT2D eigenvalue weighted by Gasteiger charge is 2.22. The lowest BCUT2D eigenvalue weighted by Crippen LogP contribution is -2.48. The molecule has 0 saturated carbocycles. The Morgan fingerprint density at radius 2 is 0.621 bits per heavy atom. The minimum absolute atomic E-state index is 0.381. The van der Waals surface area contributed by atoms with E-state index in [4.69, 9.17) is 0 Å². The molecule has 0 aromatic rings. The van der Waals surface area contributed by atoms with Crippen LogP contribution in [-0.4, -0.2) is 46.1 Å². The summed E-state index contributed by atoms with van der Waals surface area (Å²) in [6.07, 6.45) is 74.9. The van der Waals surface area contributed by atoms with Crippen molar-refractivity contribution in [1.82, 2.24) is 5.32 Å². The quantitative estimate of drug-likeness (QED) is 0.0361. The minimum atomic E-state index is -1.11. The molecule has 0 saturated heterocycles. The Labute approximate surface area is 412 Å². The summed E-state index contributed by atoms with van der Waals surface area (Å²) < 4.78 is 0. The largest absolute Gasteiger partial charge is 0.394 e.